The average Bonchev–Trinajstić information content (AvgIpc) is 3.32. The molecular weight excluding hydrogens is 304 g/mol. The van der Waals surface area contributed by atoms with Gasteiger partial charge in [0.15, 0.2) is 0 Å². The normalized spacial score (nSPS) is 40.0. The van der Waals surface area contributed by atoms with Gasteiger partial charge in [-0.15, -0.1) is 0 Å². The second-order valence-corrected chi connectivity index (χ2v) is 8.32. The Morgan fingerprint density at radius 2 is 2.04 bits per heavy atom. The van der Waals surface area contributed by atoms with Gasteiger partial charge < -0.3 is 20.1 Å². The first-order valence-electron chi connectivity index (χ1n) is 10.0. The van der Waals surface area contributed by atoms with Crippen molar-refractivity contribution in [1.82, 2.24) is 10.6 Å². The number of rotatable bonds is 7. The third-order valence-corrected chi connectivity index (χ3v) is 6.87. The van der Waals surface area contributed by atoms with Gasteiger partial charge in [-0.2, -0.15) is 0 Å². The van der Waals surface area contributed by atoms with Crippen LogP contribution in [0.5, 0.6) is 0 Å². The number of hydrogen-bond donors (Lipinski definition) is 2. The molecule has 6 atom stereocenters. The van der Waals surface area contributed by atoms with E-state index in [1.807, 2.05) is 0 Å². The number of fused-ring (bicyclic) bond motifs is 5. The molecule has 0 unspecified atom stereocenters. The van der Waals surface area contributed by atoms with E-state index in [-0.39, 0.29) is 6.03 Å². The van der Waals surface area contributed by atoms with Crippen molar-refractivity contribution < 1.29 is 14.3 Å². The van der Waals surface area contributed by atoms with Gasteiger partial charge in [0.2, 0.25) is 0 Å². The van der Waals surface area contributed by atoms with Crippen molar-refractivity contribution in [2.75, 3.05) is 33.0 Å². The largest absolute Gasteiger partial charge is 0.381 e. The lowest BCUT2D eigenvalue weighted by molar-refractivity contribution is 0.0885. The van der Waals surface area contributed by atoms with Crippen molar-refractivity contribution in [2.24, 2.45) is 29.6 Å². The first-order valence-corrected chi connectivity index (χ1v) is 10.0. The third kappa shape index (κ3) is 3.57. The topological polar surface area (TPSA) is 59.6 Å². The van der Waals surface area contributed by atoms with Gasteiger partial charge in [-0.25, -0.2) is 4.79 Å². The molecule has 1 aliphatic heterocycles. The molecule has 3 aliphatic carbocycles. The highest BCUT2D eigenvalue weighted by Gasteiger charge is 2.53. The molecule has 0 spiro atoms. The Bertz CT molecular complexity index is 438. The van der Waals surface area contributed by atoms with Crippen LogP contribution in [0, 0.1) is 29.6 Å². The fourth-order valence-corrected chi connectivity index (χ4v) is 5.79. The maximum absolute atomic E-state index is 12.1. The van der Waals surface area contributed by atoms with Gasteiger partial charge in [-0.05, 0) is 62.2 Å². The summed E-state index contributed by atoms with van der Waals surface area (Å²) in [6.45, 7) is 3.92. The van der Waals surface area contributed by atoms with Crippen LogP contribution in [-0.2, 0) is 9.47 Å². The Labute approximate surface area is 145 Å². The molecule has 136 valence electrons. The van der Waals surface area contributed by atoms with E-state index >= 15 is 0 Å². The fourth-order valence-electron chi connectivity index (χ4n) is 5.79. The molecule has 4 rings (SSSR count). The monoisotopic (exact) mass is 336 g/mol. The van der Waals surface area contributed by atoms with Crippen molar-refractivity contribution in [1.29, 1.82) is 0 Å². The van der Waals surface area contributed by atoms with Gasteiger partial charge >= 0.3 is 6.03 Å². The average molecular weight is 336 g/mol. The molecule has 4 fully saturated rings. The van der Waals surface area contributed by atoms with Crippen LogP contribution in [-0.4, -0.2) is 45.0 Å². The molecular formula is C19H32N2O3. The summed E-state index contributed by atoms with van der Waals surface area (Å²) in [4.78, 5) is 12.1. The minimum atomic E-state index is 0.0197. The Morgan fingerprint density at radius 3 is 2.92 bits per heavy atom. The van der Waals surface area contributed by atoms with Crippen molar-refractivity contribution >= 4 is 6.03 Å². The number of nitrogens with one attached hydrogen (secondary N) is 2. The zero-order valence-corrected chi connectivity index (χ0v) is 14.7. The van der Waals surface area contributed by atoms with E-state index in [0.29, 0.717) is 25.1 Å². The summed E-state index contributed by atoms with van der Waals surface area (Å²) in [5.41, 5.74) is 0. The van der Waals surface area contributed by atoms with Gasteiger partial charge in [0, 0.05) is 31.7 Å². The van der Waals surface area contributed by atoms with Gasteiger partial charge in [0.05, 0.1) is 13.2 Å². The van der Waals surface area contributed by atoms with E-state index in [1.54, 1.807) is 0 Å². The summed E-state index contributed by atoms with van der Waals surface area (Å²) < 4.78 is 11.0. The van der Waals surface area contributed by atoms with E-state index < -0.39 is 0 Å². The molecule has 0 aromatic carbocycles. The molecule has 5 nitrogen and oxygen atoms in total. The molecule has 0 aromatic rings. The molecule has 0 radical (unpaired) electrons. The maximum Gasteiger partial charge on any atom is 0.315 e. The van der Waals surface area contributed by atoms with Crippen LogP contribution in [0.4, 0.5) is 4.79 Å². The summed E-state index contributed by atoms with van der Waals surface area (Å²) in [7, 11) is 0. The Hall–Kier alpha value is -0.810. The molecule has 1 heterocycles. The van der Waals surface area contributed by atoms with Crippen LogP contribution in [0.3, 0.4) is 0 Å². The molecule has 4 aliphatic rings. The van der Waals surface area contributed by atoms with Crippen LogP contribution in [0.1, 0.15) is 44.9 Å². The highest BCUT2D eigenvalue weighted by Crippen LogP contribution is 2.58. The lowest BCUT2D eigenvalue weighted by Gasteiger charge is -2.32. The number of hydrogen-bond acceptors (Lipinski definition) is 3. The summed E-state index contributed by atoms with van der Waals surface area (Å²) >= 11 is 0. The van der Waals surface area contributed by atoms with Crippen molar-refractivity contribution in [3.8, 4) is 0 Å². The highest BCUT2D eigenvalue weighted by molar-refractivity contribution is 5.74. The van der Waals surface area contributed by atoms with Gasteiger partial charge in [0.1, 0.15) is 0 Å². The second-order valence-electron chi connectivity index (χ2n) is 8.32. The minimum absolute atomic E-state index is 0.0197. The minimum Gasteiger partial charge on any atom is -0.381 e. The number of ether oxygens (including phenoxy) is 2. The Kier molecular flexibility index (Phi) is 5.28. The van der Waals surface area contributed by atoms with E-state index in [9.17, 15) is 4.79 Å². The van der Waals surface area contributed by atoms with E-state index in [1.165, 1.54) is 32.1 Å². The summed E-state index contributed by atoms with van der Waals surface area (Å²) in [5.74, 6) is 4.10. The van der Waals surface area contributed by atoms with Crippen LogP contribution in [0.2, 0.25) is 0 Å². The summed E-state index contributed by atoms with van der Waals surface area (Å²) in [6, 6.07) is 0.444. The van der Waals surface area contributed by atoms with Crippen molar-refractivity contribution in [3.05, 3.63) is 0 Å². The summed E-state index contributed by atoms with van der Waals surface area (Å²) in [5, 5.41) is 6.25. The molecule has 2 amide bonds. The van der Waals surface area contributed by atoms with Crippen molar-refractivity contribution in [2.45, 2.75) is 51.0 Å². The SMILES string of the molecule is O=C(NCCCOC[C@@H]1CCOC1)N[C@@H]1C[C@H]2C[C@H]1[C@@H]1CCC[C@@H]21. The lowest BCUT2D eigenvalue weighted by Crippen LogP contribution is -2.47. The second kappa shape index (κ2) is 7.61. The molecule has 2 bridgehead atoms. The number of amides is 2. The summed E-state index contributed by atoms with van der Waals surface area (Å²) in [6.07, 6.45) is 8.82. The number of carbonyl (C=O) groups excluding carboxylic acids is 1. The van der Waals surface area contributed by atoms with E-state index in [4.69, 9.17) is 9.47 Å². The maximum atomic E-state index is 12.1. The molecule has 5 heteroatoms. The van der Waals surface area contributed by atoms with Crippen LogP contribution >= 0.6 is 0 Å². The van der Waals surface area contributed by atoms with Crippen molar-refractivity contribution in [3.63, 3.8) is 0 Å². The molecule has 2 N–H and O–H groups in total. The molecule has 3 saturated carbocycles. The Morgan fingerprint density at radius 1 is 1.12 bits per heavy atom. The zero-order valence-electron chi connectivity index (χ0n) is 14.7. The fraction of sp³-hybridized carbons (Fsp3) is 0.947. The lowest BCUT2D eigenvalue weighted by atomic mass is 9.79. The number of carbonyl (C=O) groups is 1. The van der Waals surface area contributed by atoms with Crippen LogP contribution < -0.4 is 10.6 Å². The number of urea groups is 1. The first kappa shape index (κ1) is 16.6. The molecule has 1 saturated heterocycles. The van der Waals surface area contributed by atoms with Crippen LogP contribution in [0.25, 0.3) is 0 Å². The van der Waals surface area contributed by atoms with E-state index in [0.717, 1.165) is 56.3 Å². The zero-order chi connectivity index (χ0) is 16.4. The van der Waals surface area contributed by atoms with E-state index in [2.05, 4.69) is 10.6 Å². The standard InChI is InChI=1S/C19H32N2O3/c22-19(20-6-2-7-23-11-13-5-8-24-12-13)21-18-10-14-9-17(18)16-4-1-3-15(14)16/h13-18H,1-12H2,(H2,20,21,22)/t13-,14+,15-,16+,17-,18+/m0/s1. The molecule has 0 aromatic heterocycles. The molecule has 24 heavy (non-hydrogen) atoms. The predicted octanol–water partition coefficient (Wildman–Crippen LogP) is 2.55. The van der Waals surface area contributed by atoms with Gasteiger partial charge in [-0.1, -0.05) is 6.42 Å². The Balaban J connectivity index is 1.08. The van der Waals surface area contributed by atoms with Crippen LogP contribution in [0.15, 0.2) is 0 Å². The smallest absolute Gasteiger partial charge is 0.315 e. The first-order chi connectivity index (χ1) is 11.8. The predicted molar refractivity (Wildman–Crippen MR) is 91.7 cm³/mol. The third-order valence-electron chi connectivity index (χ3n) is 6.87. The van der Waals surface area contributed by atoms with Gasteiger partial charge in [-0.3, -0.25) is 0 Å². The van der Waals surface area contributed by atoms with Gasteiger partial charge in [0.25, 0.3) is 0 Å². The highest BCUT2D eigenvalue weighted by atomic mass is 16.5. The quantitative estimate of drug-likeness (QED) is 0.703.